The van der Waals surface area contributed by atoms with Crippen LogP contribution < -0.4 is 23.7 Å². The zero-order chi connectivity index (χ0) is 21.5. The molecule has 0 aliphatic carbocycles. The minimum atomic E-state index is 0.642. The molecule has 2 aromatic carbocycles. The van der Waals surface area contributed by atoms with Crippen molar-refractivity contribution < 1.29 is 23.7 Å². The summed E-state index contributed by atoms with van der Waals surface area (Å²) < 4.78 is 27.3. The van der Waals surface area contributed by atoms with Gasteiger partial charge in [0.15, 0.2) is 11.5 Å². The van der Waals surface area contributed by atoms with E-state index in [2.05, 4.69) is 28.0 Å². The minimum absolute atomic E-state index is 0.642. The van der Waals surface area contributed by atoms with Gasteiger partial charge in [0.2, 0.25) is 5.75 Å². The third-order valence-electron chi connectivity index (χ3n) is 5.46. The van der Waals surface area contributed by atoms with Crippen LogP contribution in [0.1, 0.15) is 11.1 Å². The molecule has 0 bridgehead atoms. The quantitative estimate of drug-likeness (QED) is 0.623. The van der Waals surface area contributed by atoms with Gasteiger partial charge in [0, 0.05) is 50.9 Å². The molecule has 0 aromatic heterocycles. The molecule has 1 aliphatic rings. The maximum Gasteiger partial charge on any atom is 0.203 e. The molecule has 7 heteroatoms. The number of methoxy groups -OCH3 is 5. The van der Waals surface area contributed by atoms with Crippen LogP contribution in [0.2, 0.25) is 0 Å². The first-order valence-corrected chi connectivity index (χ1v) is 10.1. The van der Waals surface area contributed by atoms with Crippen LogP contribution in [0.15, 0.2) is 30.3 Å². The van der Waals surface area contributed by atoms with Crippen LogP contribution in [0.4, 0.5) is 0 Å². The van der Waals surface area contributed by atoms with Gasteiger partial charge in [0.25, 0.3) is 0 Å². The summed E-state index contributed by atoms with van der Waals surface area (Å²) >= 11 is 0. The molecular formula is C23H32N2O5. The first kappa shape index (κ1) is 22.1. The van der Waals surface area contributed by atoms with Crippen molar-refractivity contribution >= 4 is 0 Å². The molecular weight excluding hydrogens is 384 g/mol. The lowest BCUT2D eigenvalue weighted by molar-refractivity contribution is 0.121. The summed E-state index contributed by atoms with van der Waals surface area (Å²) in [6.45, 7) is 5.65. The van der Waals surface area contributed by atoms with Crippen LogP contribution in [-0.4, -0.2) is 71.5 Å². The van der Waals surface area contributed by atoms with Crippen LogP contribution in [-0.2, 0) is 13.1 Å². The molecule has 30 heavy (non-hydrogen) atoms. The average molecular weight is 417 g/mol. The highest BCUT2D eigenvalue weighted by Gasteiger charge is 2.21. The predicted octanol–water partition coefficient (Wildman–Crippen LogP) is 3.05. The van der Waals surface area contributed by atoms with Gasteiger partial charge in [-0.2, -0.15) is 0 Å². The van der Waals surface area contributed by atoms with Crippen LogP contribution in [0, 0.1) is 0 Å². The fraction of sp³-hybridized carbons (Fsp3) is 0.478. The Bertz CT molecular complexity index is 812. The molecule has 0 unspecified atom stereocenters. The first-order chi connectivity index (χ1) is 14.6. The molecule has 0 atom stereocenters. The molecule has 1 saturated heterocycles. The van der Waals surface area contributed by atoms with Crippen molar-refractivity contribution in [3.63, 3.8) is 0 Å². The molecule has 1 heterocycles. The molecule has 0 amide bonds. The Balaban J connectivity index is 1.61. The summed E-state index contributed by atoms with van der Waals surface area (Å²) in [6, 6.07) is 10.0. The van der Waals surface area contributed by atoms with Gasteiger partial charge in [-0.25, -0.2) is 0 Å². The third kappa shape index (κ3) is 5.09. The third-order valence-corrected chi connectivity index (χ3v) is 5.46. The summed E-state index contributed by atoms with van der Waals surface area (Å²) in [5.41, 5.74) is 2.29. The lowest BCUT2D eigenvalue weighted by Crippen LogP contribution is -2.45. The fourth-order valence-corrected chi connectivity index (χ4v) is 3.85. The van der Waals surface area contributed by atoms with Gasteiger partial charge in [0.05, 0.1) is 35.5 Å². The van der Waals surface area contributed by atoms with Crippen LogP contribution in [0.3, 0.4) is 0 Å². The molecule has 0 saturated carbocycles. The van der Waals surface area contributed by atoms with Crippen molar-refractivity contribution in [1.29, 1.82) is 0 Å². The monoisotopic (exact) mass is 416 g/mol. The first-order valence-electron chi connectivity index (χ1n) is 10.1. The Labute approximate surface area is 179 Å². The van der Waals surface area contributed by atoms with Gasteiger partial charge < -0.3 is 23.7 Å². The average Bonchev–Trinajstić information content (AvgIpc) is 2.79. The van der Waals surface area contributed by atoms with E-state index in [9.17, 15) is 0 Å². The number of rotatable bonds is 9. The van der Waals surface area contributed by atoms with Crippen molar-refractivity contribution in [1.82, 2.24) is 9.80 Å². The second-order valence-corrected chi connectivity index (χ2v) is 7.27. The normalized spacial score (nSPS) is 15.0. The van der Waals surface area contributed by atoms with Gasteiger partial charge in [-0.05, 0) is 23.8 Å². The maximum absolute atomic E-state index is 5.63. The van der Waals surface area contributed by atoms with Crippen molar-refractivity contribution in [2.75, 3.05) is 61.7 Å². The van der Waals surface area contributed by atoms with E-state index in [0.29, 0.717) is 11.5 Å². The fourth-order valence-electron chi connectivity index (χ4n) is 3.85. The zero-order valence-electron chi connectivity index (χ0n) is 18.6. The number of piperazine rings is 1. The molecule has 0 radical (unpaired) electrons. The van der Waals surface area contributed by atoms with Gasteiger partial charge in [0.1, 0.15) is 11.5 Å². The molecule has 1 aliphatic heterocycles. The van der Waals surface area contributed by atoms with E-state index in [0.717, 1.165) is 62.1 Å². The number of hydrogen-bond acceptors (Lipinski definition) is 7. The standard InChI is InChI=1S/C23H32N2O5/c1-26-19-12-17(13-20(14-19)27-2)15-24-8-10-25(11-9-24)16-18-6-7-21(28-3)23(30-5)22(18)29-4/h6-7,12-14H,8-11,15-16H2,1-5H3. The molecule has 164 valence electrons. The number of benzene rings is 2. The molecule has 0 N–H and O–H groups in total. The van der Waals surface area contributed by atoms with E-state index < -0.39 is 0 Å². The Kier molecular flexibility index (Phi) is 7.65. The summed E-state index contributed by atoms with van der Waals surface area (Å²) in [7, 11) is 8.30. The Morgan fingerprint density at radius 1 is 0.633 bits per heavy atom. The summed E-state index contributed by atoms with van der Waals surface area (Å²) in [6.07, 6.45) is 0. The number of ether oxygens (including phenoxy) is 5. The predicted molar refractivity (Wildman–Crippen MR) is 116 cm³/mol. The molecule has 7 nitrogen and oxygen atoms in total. The minimum Gasteiger partial charge on any atom is -0.497 e. The van der Waals surface area contributed by atoms with Crippen molar-refractivity contribution in [3.05, 3.63) is 41.5 Å². The Morgan fingerprint density at radius 3 is 1.70 bits per heavy atom. The molecule has 2 aromatic rings. The molecule has 3 rings (SSSR count). The van der Waals surface area contributed by atoms with Crippen LogP contribution >= 0.6 is 0 Å². The smallest absolute Gasteiger partial charge is 0.203 e. The van der Waals surface area contributed by atoms with E-state index in [4.69, 9.17) is 23.7 Å². The van der Waals surface area contributed by atoms with Gasteiger partial charge >= 0.3 is 0 Å². The van der Waals surface area contributed by atoms with Gasteiger partial charge in [-0.15, -0.1) is 0 Å². The van der Waals surface area contributed by atoms with Crippen molar-refractivity contribution in [3.8, 4) is 28.7 Å². The summed E-state index contributed by atoms with van der Waals surface area (Å²) in [4.78, 5) is 4.89. The van der Waals surface area contributed by atoms with Gasteiger partial charge in [-0.1, -0.05) is 6.07 Å². The zero-order valence-corrected chi connectivity index (χ0v) is 18.6. The highest BCUT2D eigenvalue weighted by molar-refractivity contribution is 5.55. The lowest BCUT2D eigenvalue weighted by Gasteiger charge is -2.35. The van der Waals surface area contributed by atoms with E-state index in [1.165, 1.54) is 5.56 Å². The second-order valence-electron chi connectivity index (χ2n) is 7.27. The SMILES string of the molecule is COc1cc(CN2CCN(Cc3ccc(OC)c(OC)c3OC)CC2)cc(OC)c1. The molecule has 1 fully saturated rings. The summed E-state index contributed by atoms with van der Waals surface area (Å²) in [5.74, 6) is 3.70. The lowest BCUT2D eigenvalue weighted by atomic mass is 10.1. The Hall–Kier alpha value is -2.64. The Morgan fingerprint density at radius 2 is 1.20 bits per heavy atom. The molecule has 0 spiro atoms. The topological polar surface area (TPSA) is 52.6 Å². The van der Waals surface area contributed by atoms with Gasteiger partial charge in [-0.3, -0.25) is 9.80 Å². The maximum atomic E-state index is 5.63. The van der Waals surface area contributed by atoms with E-state index in [1.807, 2.05) is 12.1 Å². The van der Waals surface area contributed by atoms with Crippen molar-refractivity contribution in [2.24, 2.45) is 0 Å². The van der Waals surface area contributed by atoms with E-state index in [-0.39, 0.29) is 0 Å². The van der Waals surface area contributed by atoms with E-state index >= 15 is 0 Å². The highest BCUT2D eigenvalue weighted by Crippen LogP contribution is 2.40. The number of hydrogen-bond donors (Lipinski definition) is 0. The van der Waals surface area contributed by atoms with Crippen LogP contribution in [0.25, 0.3) is 0 Å². The largest absolute Gasteiger partial charge is 0.497 e. The summed E-state index contributed by atoms with van der Waals surface area (Å²) in [5, 5.41) is 0. The second kappa shape index (κ2) is 10.4. The van der Waals surface area contributed by atoms with E-state index in [1.54, 1.807) is 35.5 Å². The number of nitrogens with zero attached hydrogens (tertiary/aromatic N) is 2. The van der Waals surface area contributed by atoms with Crippen LogP contribution in [0.5, 0.6) is 28.7 Å². The van der Waals surface area contributed by atoms with Crippen molar-refractivity contribution in [2.45, 2.75) is 13.1 Å². The highest BCUT2D eigenvalue weighted by atomic mass is 16.5.